The lowest BCUT2D eigenvalue weighted by molar-refractivity contribution is -0.382. The largest absolute Gasteiger partial charge is 0.493 e. The molecule has 0 spiro atoms. The SMILES string of the molecule is CCN(CC)c1nc(C)c2cc(OC)c(OC)cc2c1[N+](=O)[O-]. The van der Waals surface area contributed by atoms with E-state index < -0.39 is 0 Å². The number of fused-ring (bicyclic) bond motifs is 1. The molecule has 1 heterocycles. The van der Waals surface area contributed by atoms with E-state index in [9.17, 15) is 10.1 Å². The zero-order valence-corrected chi connectivity index (χ0v) is 14.0. The zero-order chi connectivity index (χ0) is 17.1. The zero-order valence-electron chi connectivity index (χ0n) is 14.0. The number of anilines is 1. The van der Waals surface area contributed by atoms with Crippen molar-refractivity contribution in [3.63, 3.8) is 0 Å². The van der Waals surface area contributed by atoms with Crippen LogP contribution >= 0.6 is 0 Å². The van der Waals surface area contributed by atoms with E-state index in [-0.39, 0.29) is 10.6 Å². The summed E-state index contributed by atoms with van der Waals surface area (Å²) in [5.41, 5.74) is 0.712. The van der Waals surface area contributed by atoms with Crippen molar-refractivity contribution in [2.75, 3.05) is 32.2 Å². The summed E-state index contributed by atoms with van der Waals surface area (Å²) < 4.78 is 10.6. The maximum atomic E-state index is 11.7. The van der Waals surface area contributed by atoms with Crippen molar-refractivity contribution in [1.29, 1.82) is 0 Å². The molecule has 0 aliphatic heterocycles. The molecule has 0 saturated carbocycles. The third-order valence-corrected chi connectivity index (χ3v) is 3.90. The molecule has 7 heteroatoms. The first kappa shape index (κ1) is 16.8. The van der Waals surface area contributed by atoms with Gasteiger partial charge in [-0.25, -0.2) is 4.98 Å². The van der Waals surface area contributed by atoms with E-state index in [2.05, 4.69) is 4.98 Å². The quantitative estimate of drug-likeness (QED) is 0.600. The summed E-state index contributed by atoms with van der Waals surface area (Å²) in [6.07, 6.45) is 0. The summed E-state index contributed by atoms with van der Waals surface area (Å²) in [4.78, 5) is 17.7. The van der Waals surface area contributed by atoms with Crippen molar-refractivity contribution in [2.45, 2.75) is 20.8 Å². The number of hydrogen-bond acceptors (Lipinski definition) is 6. The number of ether oxygens (including phenoxy) is 2. The van der Waals surface area contributed by atoms with E-state index in [1.807, 2.05) is 25.7 Å². The second kappa shape index (κ2) is 6.68. The number of aromatic nitrogens is 1. The van der Waals surface area contributed by atoms with E-state index in [1.165, 1.54) is 14.2 Å². The van der Waals surface area contributed by atoms with Gasteiger partial charge in [0.05, 0.1) is 24.5 Å². The number of aryl methyl sites for hydroxylation is 1. The van der Waals surface area contributed by atoms with Gasteiger partial charge in [-0.1, -0.05) is 0 Å². The lowest BCUT2D eigenvalue weighted by Crippen LogP contribution is -2.24. The number of nitrogens with zero attached hydrogens (tertiary/aromatic N) is 3. The van der Waals surface area contributed by atoms with Crippen LogP contribution in [-0.4, -0.2) is 37.2 Å². The predicted octanol–water partition coefficient (Wildman–Crippen LogP) is 3.31. The van der Waals surface area contributed by atoms with Crippen LogP contribution in [0.4, 0.5) is 11.5 Å². The first-order chi connectivity index (χ1) is 11.0. The molecule has 0 amide bonds. The Morgan fingerprint density at radius 2 is 1.65 bits per heavy atom. The number of nitro groups is 1. The molecule has 2 aromatic rings. The minimum Gasteiger partial charge on any atom is -0.493 e. The smallest absolute Gasteiger partial charge is 0.319 e. The van der Waals surface area contributed by atoms with Gasteiger partial charge in [0, 0.05) is 24.2 Å². The van der Waals surface area contributed by atoms with E-state index in [4.69, 9.17) is 9.47 Å². The highest BCUT2D eigenvalue weighted by atomic mass is 16.6. The van der Waals surface area contributed by atoms with Crippen LogP contribution in [0.25, 0.3) is 10.8 Å². The molecule has 124 valence electrons. The molecule has 1 aromatic carbocycles. The molecule has 0 N–H and O–H groups in total. The molecule has 0 fully saturated rings. The number of pyridine rings is 1. The van der Waals surface area contributed by atoms with Gasteiger partial charge < -0.3 is 14.4 Å². The second-order valence-corrected chi connectivity index (χ2v) is 5.05. The Kier molecular flexibility index (Phi) is 4.88. The molecule has 0 unspecified atom stereocenters. The van der Waals surface area contributed by atoms with Crippen molar-refractivity contribution in [2.24, 2.45) is 0 Å². The molecular weight excluding hydrogens is 298 g/mol. The summed E-state index contributed by atoms with van der Waals surface area (Å²) in [6.45, 7) is 7.02. The predicted molar refractivity (Wildman–Crippen MR) is 89.8 cm³/mol. The van der Waals surface area contributed by atoms with Crippen molar-refractivity contribution >= 4 is 22.3 Å². The van der Waals surface area contributed by atoms with Gasteiger partial charge in [0.15, 0.2) is 11.5 Å². The highest BCUT2D eigenvalue weighted by Crippen LogP contribution is 2.41. The summed E-state index contributed by atoms with van der Waals surface area (Å²) >= 11 is 0. The maximum absolute atomic E-state index is 11.7. The minimum absolute atomic E-state index is 0.00440. The first-order valence-electron chi connectivity index (χ1n) is 7.44. The van der Waals surface area contributed by atoms with Gasteiger partial charge in [-0.05, 0) is 32.9 Å². The molecule has 2 rings (SSSR count). The highest BCUT2D eigenvalue weighted by Gasteiger charge is 2.26. The lowest BCUT2D eigenvalue weighted by atomic mass is 10.1. The fraction of sp³-hybridized carbons (Fsp3) is 0.438. The monoisotopic (exact) mass is 319 g/mol. The van der Waals surface area contributed by atoms with Crippen LogP contribution in [-0.2, 0) is 0 Å². The molecule has 0 saturated heterocycles. The third kappa shape index (κ3) is 2.86. The van der Waals surface area contributed by atoms with E-state index in [0.29, 0.717) is 46.9 Å². The fourth-order valence-corrected chi connectivity index (χ4v) is 2.69. The lowest BCUT2D eigenvalue weighted by Gasteiger charge is -2.21. The van der Waals surface area contributed by atoms with Gasteiger partial charge in [0.1, 0.15) is 0 Å². The summed E-state index contributed by atoms with van der Waals surface area (Å²) in [7, 11) is 3.04. The van der Waals surface area contributed by atoms with Crippen LogP contribution in [0.3, 0.4) is 0 Å². The molecule has 0 radical (unpaired) electrons. The van der Waals surface area contributed by atoms with Crippen molar-refractivity contribution < 1.29 is 14.4 Å². The van der Waals surface area contributed by atoms with Crippen LogP contribution in [0.1, 0.15) is 19.5 Å². The highest BCUT2D eigenvalue weighted by molar-refractivity contribution is 5.98. The van der Waals surface area contributed by atoms with E-state index in [0.717, 1.165) is 0 Å². The number of hydrogen-bond donors (Lipinski definition) is 0. The van der Waals surface area contributed by atoms with Gasteiger partial charge in [-0.2, -0.15) is 0 Å². The van der Waals surface area contributed by atoms with Crippen LogP contribution < -0.4 is 14.4 Å². The van der Waals surface area contributed by atoms with Crippen molar-refractivity contribution in [1.82, 2.24) is 4.98 Å². The molecule has 0 bridgehead atoms. The first-order valence-corrected chi connectivity index (χ1v) is 7.44. The standard InChI is InChI=1S/C16H21N3O4/c1-6-18(7-2)16-15(19(20)21)12-9-14(23-5)13(22-4)8-11(12)10(3)17-16/h8-9H,6-7H2,1-5H3. The summed E-state index contributed by atoms with van der Waals surface area (Å²) in [5, 5.41) is 12.9. The fourth-order valence-electron chi connectivity index (χ4n) is 2.69. The summed E-state index contributed by atoms with van der Waals surface area (Å²) in [6, 6.07) is 3.38. The van der Waals surface area contributed by atoms with Crippen LogP contribution in [0, 0.1) is 17.0 Å². The van der Waals surface area contributed by atoms with Crippen molar-refractivity contribution in [3.8, 4) is 11.5 Å². The van der Waals surface area contributed by atoms with E-state index >= 15 is 0 Å². The third-order valence-electron chi connectivity index (χ3n) is 3.90. The van der Waals surface area contributed by atoms with Gasteiger partial charge in [0.2, 0.25) is 5.82 Å². The Morgan fingerprint density at radius 3 is 2.09 bits per heavy atom. The Morgan fingerprint density at radius 1 is 1.13 bits per heavy atom. The molecular formula is C16H21N3O4. The Labute approximate surface area is 135 Å². The maximum Gasteiger partial charge on any atom is 0.319 e. The van der Waals surface area contributed by atoms with Gasteiger partial charge in [-0.15, -0.1) is 0 Å². The van der Waals surface area contributed by atoms with Crippen LogP contribution in [0.2, 0.25) is 0 Å². The molecule has 0 atom stereocenters. The van der Waals surface area contributed by atoms with Crippen molar-refractivity contribution in [3.05, 3.63) is 27.9 Å². The number of methoxy groups -OCH3 is 2. The normalized spacial score (nSPS) is 10.7. The topological polar surface area (TPSA) is 77.7 Å². The number of benzene rings is 1. The number of rotatable bonds is 6. The Bertz CT molecular complexity index is 742. The van der Waals surface area contributed by atoms with E-state index in [1.54, 1.807) is 12.1 Å². The average Bonchev–Trinajstić information content (AvgIpc) is 2.54. The Balaban J connectivity index is 2.91. The average molecular weight is 319 g/mol. The van der Waals surface area contributed by atoms with Gasteiger partial charge in [0.25, 0.3) is 0 Å². The van der Waals surface area contributed by atoms with Gasteiger partial charge >= 0.3 is 5.69 Å². The van der Waals surface area contributed by atoms with Crippen LogP contribution in [0.15, 0.2) is 12.1 Å². The molecule has 1 aromatic heterocycles. The summed E-state index contributed by atoms with van der Waals surface area (Å²) in [5.74, 6) is 1.37. The Hall–Kier alpha value is -2.57. The molecule has 0 aliphatic carbocycles. The second-order valence-electron chi connectivity index (χ2n) is 5.05. The van der Waals surface area contributed by atoms with Gasteiger partial charge in [-0.3, -0.25) is 10.1 Å². The molecule has 7 nitrogen and oxygen atoms in total. The molecule has 0 aliphatic rings. The molecule has 23 heavy (non-hydrogen) atoms. The van der Waals surface area contributed by atoms with Crippen LogP contribution in [0.5, 0.6) is 11.5 Å². The minimum atomic E-state index is -0.381.